The number of sulfone groups is 1. The fraction of sp³-hybridized carbons (Fsp3) is 0.235. The van der Waals surface area contributed by atoms with Crippen molar-refractivity contribution in [1.82, 2.24) is 0 Å². The molecule has 3 rings (SSSR count). The van der Waals surface area contributed by atoms with Crippen LogP contribution in [0.15, 0.2) is 57.9 Å². The molecule has 0 aliphatic heterocycles. The van der Waals surface area contributed by atoms with Crippen LogP contribution >= 0.6 is 15.9 Å². The molecule has 4 nitrogen and oxygen atoms in total. The highest BCUT2D eigenvalue weighted by atomic mass is 79.9. The topological polar surface area (TPSA) is 71.4 Å². The van der Waals surface area contributed by atoms with Crippen LogP contribution < -0.4 is 0 Å². The van der Waals surface area contributed by atoms with Gasteiger partial charge >= 0.3 is 5.97 Å². The van der Waals surface area contributed by atoms with Crippen LogP contribution in [0.4, 0.5) is 0 Å². The summed E-state index contributed by atoms with van der Waals surface area (Å²) in [6.07, 6.45) is 0. The normalized spacial score (nSPS) is 23.5. The molecule has 6 heteroatoms. The summed E-state index contributed by atoms with van der Waals surface area (Å²) in [6, 6.07) is 13.7. The van der Waals surface area contributed by atoms with Gasteiger partial charge in [-0.2, -0.15) is 0 Å². The smallest absolute Gasteiger partial charge is 0.308 e. The molecule has 1 fully saturated rings. The first-order valence-electron chi connectivity index (χ1n) is 7.11. The van der Waals surface area contributed by atoms with Crippen LogP contribution in [0.2, 0.25) is 0 Å². The van der Waals surface area contributed by atoms with E-state index in [4.69, 9.17) is 0 Å². The van der Waals surface area contributed by atoms with Crippen molar-refractivity contribution in [2.24, 2.45) is 5.92 Å². The molecule has 120 valence electrons. The van der Waals surface area contributed by atoms with E-state index in [1.807, 2.05) is 6.92 Å². The molecule has 0 bridgehead atoms. The first-order chi connectivity index (χ1) is 10.8. The van der Waals surface area contributed by atoms with Crippen LogP contribution in [0.25, 0.3) is 0 Å². The lowest BCUT2D eigenvalue weighted by molar-refractivity contribution is -0.138. The maximum Gasteiger partial charge on any atom is 0.308 e. The van der Waals surface area contributed by atoms with Crippen molar-refractivity contribution in [3.05, 3.63) is 64.1 Å². The third kappa shape index (κ3) is 2.93. The molecule has 0 aromatic heterocycles. The van der Waals surface area contributed by atoms with E-state index in [0.717, 1.165) is 15.6 Å². The Balaban J connectivity index is 1.98. The molecule has 1 N–H and O–H groups in total. The van der Waals surface area contributed by atoms with Gasteiger partial charge in [-0.05, 0) is 36.8 Å². The van der Waals surface area contributed by atoms with Gasteiger partial charge < -0.3 is 5.11 Å². The monoisotopic (exact) mass is 394 g/mol. The standard InChI is InChI=1S/C17H15BrO4S/c1-10-2-8-13(9-3-10)23(21,22)16-14(15(16)17(19)20)11-4-6-12(18)7-5-11/h2-9,14-16H,1H3,(H,19,20)/t14-,15-,16+/m1/s1. The second-order valence-electron chi connectivity index (χ2n) is 5.76. The summed E-state index contributed by atoms with van der Waals surface area (Å²) < 4.78 is 26.5. The van der Waals surface area contributed by atoms with Crippen molar-refractivity contribution in [1.29, 1.82) is 0 Å². The lowest BCUT2D eigenvalue weighted by atomic mass is 10.1. The molecule has 1 saturated carbocycles. The molecule has 1 aliphatic carbocycles. The fourth-order valence-electron chi connectivity index (χ4n) is 2.93. The number of benzene rings is 2. The van der Waals surface area contributed by atoms with Gasteiger partial charge in [-0.25, -0.2) is 8.42 Å². The van der Waals surface area contributed by atoms with Gasteiger partial charge in [0.15, 0.2) is 9.84 Å². The molecule has 0 amide bonds. The van der Waals surface area contributed by atoms with Crippen molar-refractivity contribution in [2.75, 3.05) is 0 Å². The maximum atomic E-state index is 12.8. The molecule has 2 aromatic carbocycles. The Hall–Kier alpha value is -1.66. The van der Waals surface area contributed by atoms with Crippen molar-refractivity contribution < 1.29 is 18.3 Å². The van der Waals surface area contributed by atoms with E-state index in [1.54, 1.807) is 48.5 Å². The lowest BCUT2D eigenvalue weighted by Crippen LogP contribution is -2.13. The predicted molar refractivity (Wildman–Crippen MR) is 90.2 cm³/mol. The highest BCUT2D eigenvalue weighted by molar-refractivity contribution is 9.10. The van der Waals surface area contributed by atoms with Gasteiger partial charge in [0.1, 0.15) is 0 Å². The van der Waals surface area contributed by atoms with Crippen LogP contribution in [0.1, 0.15) is 17.0 Å². The molecule has 0 spiro atoms. The molecular weight excluding hydrogens is 380 g/mol. The molecule has 0 unspecified atom stereocenters. The second-order valence-corrected chi connectivity index (χ2v) is 8.79. The van der Waals surface area contributed by atoms with Gasteiger partial charge in [0.05, 0.1) is 16.1 Å². The Morgan fingerprint density at radius 3 is 2.13 bits per heavy atom. The van der Waals surface area contributed by atoms with Crippen molar-refractivity contribution in [3.63, 3.8) is 0 Å². The van der Waals surface area contributed by atoms with Crippen molar-refractivity contribution in [2.45, 2.75) is 23.0 Å². The van der Waals surface area contributed by atoms with E-state index < -0.39 is 32.9 Å². The number of aliphatic carboxylic acids is 1. The Bertz CT molecular complexity index is 841. The molecule has 1 aliphatic rings. The Labute approximate surface area is 143 Å². The summed E-state index contributed by atoms with van der Waals surface area (Å²) in [7, 11) is -3.68. The molecule has 2 aromatic rings. The average Bonchev–Trinajstić information content (AvgIpc) is 3.25. The summed E-state index contributed by atoms with van der Waals surface area (Å²) in [4.78, 5) is 11.7. The number of hydrogen-bond acceptors (Lipinski definition) is 3. The summed E-state index contributed by atoms with van der Waals surface area (Å²) in [5, 5.41) is 8.48. The van der Waals surface area contributed by atoms with Gasteiger partial charge in [0.2, 0.25) is 0 Å². The van der Waals surface area contributed by atoms with E-state index in [1.165, 1.54) is 0 Å². The minimum absolute atomic E-state index is 0.180. The minimum Gasteiger partial charge on any atom is -0.481 e. The summed E-state index contributed by atoms with van der Waals surface area (Å²) in [6.45, 7) is 1.87. The van der Waals surface area contributed by atoms with Crippen molar-refractivity contribution >= 4 is 31.7 Å². The SMILES string of the molecule is Cc1ccc(S(=O)(=O)[C@@H]2[C@H](C(=O)O)[C@H]2c2ccc(Br)cc2)cc1. The zero-order valence-corrected chi connectivity index (χ0v) is 14.7. The van der Waals surface area contributed by atoms with E-state index in [0.29, 0.717) is 0 Å². The number of carboxylic acid groups (broad SMARTS) is 1. The molecule has 0 heterocycles. The Morgan fingerprint density at radius 2 is 1.61 bits per heavy atom. The van der Waals surface area contributed by atoms with Crippen LogP contribution in [-0.2, 0) is 14.6 Å². The lowest BCUT2D eigenvalue weighted by Gasteiger charge is -2.05. The van der Waals surface area contributed by atoms with E-state index >= 15 is 0 Å². The van der Waals surface area contributed by atoms with Gasteiger partial charge in [0, 0.05) is 10.4 Å². The summed E-state index contributed by atoms with van der Waals surface area (Å²) in [5.41, 5.74) is 1.69. The second kappa shape index (κ2) is 5.76. The third-order valence-corrected chi connectivity index (χ3v) is 6.96. The van der Waals surface area contributed by atoms with Crippen LogP contribution in [0.5, 0.6) is 0 Å². The fourth-order valence-corrected chi connectivity index (χ4v) is 5.32. The van der Waals surface area contributed by atoms with Crippen LogP contribution in [-0.4, -0.2) is 24.7 Å². The summed E-state index contributed by atoms with van der Waals surface area (Å²) >= 11 is 3.32. The highest BCUT2D eigenvalue weighted by Gasteiger charge is 2.63. The van der Waals surface area contributed by atoms with E-state index in [-0.39, 0.29) is 4.90 Å². The molecule has 3 atom stereocenters. The van der Waals surface area contributed by atoms with E-state index in [2.05, 4.69) is 15.9 Å². The maximum absolute atomic E-state index is 12.8. The highest BCUT2D eigenvalue weighted by Crippen LogP contribution is 2.54. The third-order valence-electron chi connectivity index (χ3n) is 4.20. The summed E-state index contributed by atoms with van der Waals surface area (Å²) in [5.74, 6) is -2.48. The Kier molecular flexibility index (Phi) is 4.06. The average molecular weight is 395 g/mol. The molecular formula is C17H15BrO4S. The van der Waals surface area contributed by atoms with Gasteiger partial charge in [-0.1, -0.05) is 45.8 Å². The number of carboxylic acids is 1. The molecule has 23 heavy (non-hydrogen) atoms. The van der Waals surface area contributed by atoms with Gasteiger partial charge in [0.25, 0.3) is 0 Å². The number of halogens is 1. The first kappa shape index (κ1) is 16.2. The number of aryl methyl sites for hydroxylation is 1. The van der Waals surface area contributed by atoms with E-state index in [9.17, 15) is 18.3 Å². The minimum atomic E-state index is -3.68. The quantitative estimate of drug-likeness (QED) is 0.862. The first-order valence-corrected chi connectivity index (χ1v) is 9.45. The van der Waals surface area contributed by atoms with Gasteiger partial charge in [-0.15, -0.1) is 0 Å². The van der Waals surface area contributed by atoms with Crippen LogP contribution in [0, 0.1) is 12.8 Å². The van der Waals surface area contributed by atoms with Crippen molar-refractivity contribution in [3.8, 4) is 0 Å². The number of rotatable bonds is 4. The number of hydrogen-bond donors (Lipinski definition) is 1. The largest absolute Gasteiger partial charge is 0.481 e. The zero-order chi connectivity index (χ0) is 16.8. The molecule has 0 saturated heterocycles. The van der Waals surface area contributed by atoms with Crippen LogP contribution in [0.3, 0.4) is 0 Å². The zero-order valence-electron chi connectivity index (χ0n) is 12.3. The van der Waals surface area contributed by atoms with Gasteiger partial charge in [-0.3, -0.25) is 4.79 Å². The molecule has 0 radical (unpaired) electrons. The Morgan fingerprint density at radius 1 is 1.04 bits per heavy atom. The number of carbonyl (C=O) groups is 1. The predicted octanol–water partition coefficient (Wildman–Crippen LogP) is 3.40.